The van der Waals surface area contributed by atoms with Gasteiger partial charge in [-0.3, -0.25) is 4.79 Å². The molecule has 0 saturated heterocycles. The van der Waals surface area contributed by atoms with Crippen LogP contribution in [-0.2, 0) is 0 Å². The number of rotatable bonds is 6. The van der Waals surface area contributed by atoms with E-state index in [1.54, 1.807) is 0 Å². The molecule has 1 aliphatic carbocycles. The Kier molecular flexibility index (Phi) is 5.48. The molecule has 3 aromatic heterocycles. The zero-order valence-corrected chi connectivity index (χ0v) is 16.0. The van der Waals surface area contributed by atoms with Gasteiger partial charge in [-0.1, -0.05) is 12.8 Å². The Balaban J connectivity index is 1.60. The van der Waals surface area contributed by atoms with Gasteiger partial charge in [-0.2, -0.15) is 10.2 Å². The molecule has 6 N–H and O–H groups in total. The van der Waals surface area contributed by atoms with Crippen molar-refractivity contribution in [3.8, 4) is 5.95 Å². The molecule has 0 aromatic carbocycles. The largest absolute Gasteiger partial charge is 0.365 e. The van der Waals surface area contributed by atoms with Crippen molar-refractivity contribution in [2.75, 3.05) is 10.6 Å². The number of anilines is 3. The molecule has 0 radical (unpaired) electrons. The van der Waals surface area contributed by atoms with Crippen LogP contribution in [0.4, 0.5) is 21.7 Å². The first kappa shape index (κ1) is 19.6. The number of amides is 1. The Morgan fingerprint density at radius 3 is 2.50 bits per heavy atom. The van der Waals surface area contributed by atoms with Crippen LogP contribution in [0.5, 0.6) is 0 Å². The standard InChI is InChI=1S/C18H21FN10O/c19-12-7-11(15(21)30)16(28-17(12)27-14-4-2-1-3-13(14)20)26-10-8-22-18(23-9-10)29-24-5-6-25-29/h5-9,13-14H,1-4,20H2,(H2,21,30)(H2,26,27,28)/t13-,14+/m0/s1. The zero-order valence-electron chi connectivity index (χ0n) is 16.0. The van der Waals surface area contributed by atoms with Crippen LogP contribution in [0.2, 0.25) is 0 Å². The lowest BCUT2D eigenvalue weighted by Crippen LogP contribution is -2.43. The van der Waals surface area contributed by atoms with E-state index < -0.39 is 11.7 Å². The SMILES string of the molecule is NC(=O)c1cc(F)c(N[C@@H]2CCCC[C@@H]2N)nc1Nc1cnc(-n2nccn2)nc1. The number of hydrogen-bond donors (Lipinski definition) is 4. The van der Waals surface area contributed by atoms with Crippen molar-refractivity contribution in [3.05, 3.63) is 42.2 Å². The minimum atomic E-state index is -0.817. The smallest absolute Gasteiger partial charge is 0.268 e. The summed E-state index contributed by atoms with van der Waals surface area (Å²) >= 11 is 0. The molecule has 3 heterocycles. The highest BCUT2D eigenvalue weighted by atomic mass is 19.1. The third kappa shape index (κ3) is 4.17. The fourth-order valence-corrected chi connectivity index (χ4v) is 3.33. The first-order valence-corrected chi connectivity index (χ1v) is 9.49. The van der Waals surface area contributed by atoms with E-state index in [0.29, 0.717) is 5.69 Å². The molecule has 30 heavy (non-hydrogen) atoms. The van der Waals surface area contributed by atoms with Crippen molar-refractivity contribution in [2.45, 2.75) is 37.8 Å². The molecular formula is C18H21FN10O. The van der Waals surface area contributed by atoms with Crippen molar-refractivity contribution in [2.24, 2.45) is 11.5 Å². The highest BCUT2D eigenvalue weighted by Crippen LogP contribution is 2.26. The molecule has 12 heteroatoms. The second kappa shape index (κ2) is 8.37. The van der Waals surface area contributed by atoms with E-state index in [0.717, 1.165) is 31.7 Å². The van der Waals surface area contributed by atoms with E-state index in [1.807, 2.05) is 0 Å². The first-order chi connectivity index (χ1) is 14.5. The number of carbonyl (C=O) groups excluding carboxylic acids is 1. The van der Waals surface area contributed by atoms with Gasteiger partial charge in [0.1, 0.15) is 5.82 Å². The van der Waals surface area contributed by atoms with Gasteiger partial charge in [-0.25, -0.2) is 19.3 Å². The summed E-state index contributed by atoms with van der Waals surface area (Å²) in [6, 6.07) is 0.860. The number of primary amides is 1. The van der Waals surface area contributed by atoms with Crippen LogP contribution in [-0.4, -0.2) is 47.9 Å². The minimum Gasteiger partial charge on any atom is -0.365 e. The maximum Gasteiger partial charge on any atom is 0.268 e. The van der Waals surface area contributed by atoms with Gasteiger partial charge in [0, 0.05) is 12.1 Å². The predicted molar refractivity (Wildman–Crippen MR) is 107 cm³/mol. The Morgan fingerprint density at radius 2 is 1.83 bits per heavy atom. The normalized spacial score (nSPS) is 18.7. The van der Waals surface area contributed by atoms with Crippen LogP contribution < -0.4 is 22.1 Å². The molecule has 1 saturated carbocycles. The summed E-state index contributed by atoms with van der Waals surface area (Å²) in [6.07, 6.45) is 9.67. The van der Waals surface area contributed by atoms with E-state index in [9.17, 15) is 9.18 Å². The first-order valence-electron chi connectivity index (χ1n) is 9.49. The van der Waals surface area contributed by atoms with Crippen LogP contribution in [0, 0.1) is 5.82 Å². The summed E-state index contributed by atoms with van der Waals surface area (Å²) in [6.45, 7) is 0. The predicted octanol–water partition coefficient (Wildman–Crippen LogP) is 1.12. The van der Waals surface area contributed by atoms with Crippen molar-refractivity contribution >= 4 is 23.2 Å². The highest BCUT2D eigenvalue weighted by molar-refractivity contribution is 5.98. The summed E-state index contributed by atoms with van der Waals surface area (Å²) in [4.78, 5) is 25.6. The van der Waals surface area contributed by atoms with E-state index in [-0.39, 0.29) is 35.2 Å². The average molecular weight is 412 g/mol. The lowest BCUT2D eigenvalue weighted by atomic mass is 9.91. The lowest BCUT2D eigenvalue weighted by Gasteiger charge is -2.30. The number of hydrogen-bond acceptors (Lipinski definition) is 9. The summed E-state index contributed by atoms with van der Waals surface area (Å²) in [5, 5.41) is 13.9. The Bertz CT molecular complexity index is 1020. The monoisotopic (exact) mass is 412 g/mol. The van der Waals surface area contributed by atoms with Gasteiger partial charge in [-0.15, -0.1) is 4.80 Å². The maximum absolute atomic E-state index is 14.6. The third-order valence-electron chi connectivity index (χ3n) is 4.88. The van der Waals surface area contributed by atoms with Gasteiger partial charge in [0.2, 0.25) is 0 Å². The minimum absolute atomic E-state index is 0.00290. The van der Waals surface area contributed by atoms with Crippen molar-refractivity contribution in [3.63, 3.8) is 0 Å². The maximum atomic E-state index is 14.6. The van der Waals surface area contributed by atoms with Crippen LogP contribution in [0.15, 0.2) is 30.9 Å². The van der Waals surface area contributed by atoms with E-state index in [4.69, 9.17) is 11.5 Å². The number of aromatic nitrogens is 6. The fourth-order valence-electron chi connectivity index (χ4n) is 3.33. The fraction of sp³-hybridized carbons (Fsp3) is 0.333. The van der Waals surface area contributed by atoms with Crippen LogP contribution in [0.3, 0.4) is 0 Å². The number of nitrogens with one attached hydrogen (secondary N) is 2. The molecule has 4 rings (SSSR count). The van der Waals surface area contributed by atoms with Crippen molar-refractivity contribution < 1.29 is 9.18 Å². The molecular weight excluding hydrogens is 391 g/mol. The Hall–Kier alpha value is -3.67. The van der Waals surface area contributed by atoms with Crippen molar-refractivity contribution in [1.82, 2.24) is 29.9 Å². The summed E-state index contributed by atoms with van der Waals surface area (Å²) < 4.78 is 14.6. The molecule has 0 unspecified atom stereocenters. The van der Waals surface area contributed by atoms with Crippen LogP contribution >= 0.6 is 0 Å². The van der Waals surface area contributed by atoms with E-state index in [2.05, 4.69) is 35.8 Å². The lowest BCUT2D eigenvalue weighted by molar-refractivity contribution is 0.100. The molecule has 0 spiro atoms. The summed E-state index contributed by atoms with van der Waals surface area (Å²) in [7, 11) is 0. The quantitative estimate of drug-likeness (QED) is 0.464. The molecule has 0 aliphatic heterocycles. The molecule has 2 atom stereocenters. The van der Waals surface area contributed by atoms with Gasteiger partial charge in [-0.05, 0) is 18.9 Å². The van der Waals surface area contributed by atoms with Gasteiger partial charge >= 0.3 is 0 Å². The van der Waals surface area contributed by atoms with Crippen LogP contribution in [0.1, 0.15) is 36.0 Å². The van der Waals surface area contributed by atoms with Gasteiger partial charge < -0.3 is 22.1 Å². The molecule has 11 nitrogen and oxygen atoms in total. The van der Waals surface area contributed by atoms with Crippen LogP contribution in [0.25, 0.3) is 5.95 Å². The second-order valence-corrected chi connectivity index (χ2v) is 6.99. The number of pyridine rings is 1. The highest BCUT2D eigenvalue weighted by Gasteiger charge is 2.24. The topological polar surface area (TPSA) is 163 Å². The van der Waals surface area contributed by atoms with E-state index in [1.165, 1.54) is 29.6 Å². The number of carbonyl (C=O) groups is 1. The Labute approximate surface area is 171 Å². The molecule has 0 bridgehead atoms. The summed E-state index contributed by atoms with van der Waals surface area (Å²) in [5.41, 5.74) is 11.9. The number of nitrogens with zero attached hydrogens (tertiary/aromatic N) is 6. The average Bonchev–Trinajstić information content (AvgIpc) is 3.27. The molecule has 156 valence electrons. The molecule has 1 aliphatic rings. The van der Waals surface area contributed by atoms with Gasteiger partial charge in [0.15, 0.2) is 11.6 Å². The zero-order chi connectivity index (χ0) is 21.1. The summed E-state index contributed by atoms with van der Waals surface area (Å²) in [5.74, 6) is -1.14. The number of halogens is 1. The van der Waals surface area contributed by atoms with Gasteiger partial charge in [0.05, 0.1) is 36.0 Å². The molecule has 1 amide bonds. The third-order valence-corrected chi connectivity index (χ3v) is 4.88. The van der Waals surface area contributed by atoms with E-state index >= 15 is 0 Å². The Morgan fingerprint density at radius 1 is 1.13 bits per heavy atom. The van der Waals surface area contributed by atoms with Crippen molar-refractivity contribution in [1.29, 1.82) is 0 Å². The molecule has 3 aromatic rings. The van der Waals surface area contributed by atoms with Gasteiger partial charge in [0.25, 0.3) is 11.9 Å². The second-order valence-electron chi connectivity index (χ2n) is 6.99. The number of nitrogens with two attached hydrogens (primary N) is 2. The molecule has 1 fully saturated rings.